The van der Waals surface area contributed by atoms with E-state index in [1.165, 1.54) is 0 Å². The van der Waals surface area contributed by atoms with Gasteiger partial charge in [0.25, 0.3) is 0 Å². The lowest BCUT2D eigenvalue weighted by Crippen LogP contribution is -2.13. The van der Waals surface area contributed by atoms with Crippen molar-refractivity contribution < 1.29 is 9.15 Å². The van der Waals surface area contributed by atoms with Crippen LogP contribution in [-0.2, 0) is 17.9 Å². The maximum atomic E-state index is 5.54. The fourth-order valence-electron chi connectivity index (χ4n) is 1.19. The molecule has 14 heavy (non-hydrogen) atoms. The summed E-state index contributed by atoms with van der Waals surface area (Å²) in [6.45, 7) is 7.26. The lowest BCUT2D eigenvalue weighted by Gasteiger charge is -1.99. The first kappa shape index (κ1) is 11.3. The van der Waals surface area contributed by atoms with Gasteiger partial charge in [-0.2, -0.15) is 0 Å². The van der Waals surface area contributed by atoms with Crippen molar-refractivity contribution in [2.75, 3.05) is 13.2 Å². The summed E-state index contributed by atoms with van der Waals surface area (Å²) in [5.41, 5.74) is 0. The first-order valence-corrected chi connectivity index (χ1v) is 5.22. The largest absolute Gasteiger partial charge is 0.462 e. The normalized spacial score (nSPS) is 10.7. The minimum atomic E-state index is 0.574. The van der Waals surface area contributed by atoms with Crippen LogP contribution >= 0.6 is 0 Å². The monoisotopic (exact) mass is 197 g/mol. The molecule has 80 valence electrons. The summed E-state index contributed by atoms with van der Waals surface area (Å²) < 4.78 is 10.8. The van der Waals surface area contributed by atoms with Crippen molar-refractivity contribution in [3.05, 3.63) is 23.7 Å². The fraction of sp³-hybridized carbons (Fsp3) is 0.636. The Morgan fingerprint density at radius 2 is 2.07 bits per heavy atom. The summed E-state index contributed by atoms with van der Waals surface area (Å²) >= 11 is 0. The zero-order valence-electron chi connectivity index (χ0n) is 9.01. The SMILES string of the molecule is CCCNCc1ccc(COCC)o1. The van der Waals surface area contributed by atoms with Gasteiger partial charge in [0, 0.05) is 6.61 Å². The summed E-state index contributed by atoms with van der Waals surface area (Å²) in [6.07, 6.45) is 1.15. The van der Waals surface area contributed by atoms with Crippen LogP contribution in [0.25, 0.3) is 0 Å². The zero-order chi connectivity index (χ0) is 10.2. The van der Waals surface area contributed by atoms with E-state index in [0.29, 0.717) is 6.61 Å². The third-order valence-electron chi connectivity index (χ3n) is 1.89. The van der Waals surface area contributed by atoms with Crippen LogP contribution in [0.15, 0.2) is 16.5 Å². The maximum absolute atomic E-state index is 5.54. The van der Waals surface area contributed by atoms with Crippen LogP contribution < -0.4 is 5.32 Å². The molecule has 1 aromatic heterocycles. The Hall–Kier alpha value is -0.800. The van der Waals surface area contributed by atoms with Crippen molar-refractivity contribution in [3.8, 4) is 0 Å². The molecule has 0 bridgehead atoms. The maximum Gasteiger partial charge on any atom is 0.129 e. The van der Waals surface area contributed by atoms with E-state index >= 15 is 0 Å². The Labute approximate surface area is 85.4 Å². The van der Waals surface area contributed by atoms with Crippen LogP contribution in [0, 0.1) is 0 Å². The number of nitrogens with one attached hydrogen (secondary N) is 1. The second-order valence-corrected chi connectivity index (χ2v) is 3.18. The number of hydrogen-bond acceptors (Lipinski definition) is 3. The summed E-state index contributed by atoms with van der Waals surface area (Å²) in [7, 11) is 0. The van der Waals surface area contributed by atoms with Crippen LogP contribution in [0.2, 0.25) is 0 Å². The number of ether oxygens (including phenoxy) is 1. The minimum Gasteiger partial charge on any atom is -0.462 e. The molecule has 0 saturated heterocycles. The Kier molecular flexibility index (Phi) is 5.33. The Morgan fingerprint density at radius 3 is 2.79 bits per heavy atom. The molecule has 0 amide bonds. The number of furan rings is 1. The highest BCUT2D eigenvalue weighted by atomic mass is 16.5. The Balaban J connectivity index is 2.27. The van der Waals surface area contributed by atoms with Crippen molar-refractivity contribution in [1.82, 2.24) is 5.32 Å². The summed E-state index contributed by atoms with van der Waals surface area (Å²) in [6, 6.07) is 3.97. The lowest BCUT2D eigenvalue weighted by atomic mass is 10.4. The molecule has 0 spiro atoms. The molecule has 1 rings (SSSR count). The van der Waals surface area contributed by atoms with Crippen LogP contribution in [-0.4, -0.2) is 13.2 Å². The highest BCUT2D eigenvalue weighted by molar-refractivity contribution is 5.06. The molecule has 1 heterocycles. The smallest absolute Gasteiger partial charge is 0.129 e. The van der Waals surface area contributed by atoms with Gasteiger partial charge >= 0.3 is 0 Å². The molecule has 0 unspecified atom stereocenters. The van der Waals surface area contributed by atoms with Gasteiger partial charge < -0.3 is 14.5 Å². The van der Waals surface area contributed by atoms with Crippen molar-refractivity contribution in [2.24, 2.45) is 0 Å². The highest BCUT2D eigenvalue weighted by Gasteiger charge is 2.00. The van der Waals surface area contributed by atoms with Gasteiger partial charge in [0.05, 0.1) is 6.54 Å². The van der Waals surface area contributed by atoms with Crippen LogP contribution in [0.5, 0.6) is 0 Å². The van der Waals surface area contributed by atoms with Gasteiger partial charge in [-0.15, -0.1) is 0 Å². The Morgan fingerprint density at radius 1 is 1.29 bits per heavy atom. The van der Waals surface area contributed by atoms with Crippen molar-refractivity contribution in [3.63, 3.8) is 0 Å². The molecule has 0 saturated carbocycles. The molecule has 0 fully saturated rings. The standard InChI is InChI=1S/C11H19NO2/c1-3-7-12-8-10-5-6-11(14-10)9-13-4-2/h5-6,12H,3-4,7-9H2,1-2H3. The van der Waals surface area contributed by atoms with Gasteiger partial charge in [-0.1, -0.05) is 6.92 Å². The van der Waals surface area contributed by atoms with Crippen molar-refractivity contribution in [1.29, 1.82) is 0 Å². The van der Waals surface area contributed by atoms with E-state index in [4.69, 9.17) is 9.15 Å². The predicted octanol–water partition coefficient (Wildman–Crippen LogP) is 2.32. The van der Waals surface area contributed by atoms with Gasteiger partial charge in [-0.3, -0.25) is 0 Å². The van der Waals surface area contributed by atoms with Gasteiger partial charge in [0.1, 0.15) is 18.1 Å². The number of hydrogen-bond donors (Lipinski definition) is 1. The molecule has 0 aliphatic heterocycles. The molecule has 3 heteroatoms. The zero-order valence-corrected chi connectivity index (χ0v) is 9.01. The van der Waals surface area contributed by atoms with Gasteiger partial charge in [-0.25, -0.2) is 0 Å². The first-order chi connectivity index (χ1) is 6.86. The van der Waals surface area contributed by atoms with E-state index in [-0.39, 0.29) is 0 Å². The quantitative estimate of drug-likeness (QED) is 0.681. The molecular weight excluding hydrogens is 178 g/mol. The minimum absolute atomic E-state index is 0.574. The lowest BCUT2D eigenvalue weighted by molar-refractivity contribution is 0.117. The fourth-order valence-corrected chi connectivity index (χ4v) is 1.19. The molecule has 0 radical (unpaired) electrons. The second-order valence-electron chi connectivity index (χ2n) is 3.18. The summed E-state index contributed by atoms with van der Waals surface area (Å²) in [4.78, 5) is 0. The Bertz CT molecular complexity index is 245. The average Bonchev–Trinajstić information content (AvgIpc) is 2.63. The van der Waals surface area contributed by atoms with E-state index in [9.17, 15) is 0 Å². The molecule has 0 atom stereocenters. The molecule has 1 N–H and O–H groups in total. The third kappa shape index (κ3) is 3.94. The van der Waals surface area contributed by atoms with Crippen LogP contribution in [0.1, 0.15) is 31.8 Å². The predicted molar refractivity (Wildman–Crippen MR) is 56.0 cm³/mol. The molecule has 0 aliphatic carbocycles. The average molecular weight is 197 g/mol. The second kappa shape index (κ2) is 6.62. The molecule has 1 aromatic rings. The molecule has 0 aromatic carbocycles. The first-order valence-electron chi connectivity index (χ1n) is 5.22. The van der Waals surface area contributed by atoms with Crippen molar-refractivity contribution in [2.45, 2.75) is 33.4 Å². The van der Waals surface area contributed by atoms with E-state index in [1.54, 1.807) is 0 Å². The molecular formula is C11H19NO2. The van der Waals surface area contributed by atoms with E-state index in [0.717, 1.165) is 37.6 Å². The topological polar surface area (TPSA) is 34.4 Å². The summed E-state index contributed by atoms with van der Waals surface area (Å²) in [5, 5.41) is 3.29. The van der Waals surface area contributed by atoms with Gasteiger partial charge in [0.2, 0.25) is 0 Å². The van der Waals surface area contributed by atoms with Gasteiger partial charge in [-0.05, 0) is 32.0 Å². The van der Waals surface area contributed by atoms with Crippen LogP contribution in [0.4, 0.5) is 0 Å². The van der Waals surface area contributed by atoms with Crippen LogP contribution in [0.3, 0.4) is 0 Å². The molecule has 0 aliphatic rings. The highest BCUT2D eigenvalue weighted by Crippen LogP contribution is 2.08. The van der Waals surface area contributed by atoms with E-state index in [1.807, 2.05) is 19.1 Å². The van der Waals surface area contributed by atoms with Crippen molar-refractivity contribution >= 4 is 0 Å². The number of rotatable bonds is 7. The van der Waals surface area contributed by atoms with E-state index in [2.05, 4.69) is 12.2 Å². The third-order valence-corrected chi connectivity index (χ3v) is 1.89. The van der Waals surface area contributed by atoms with Gasteiger partial charge in [0.15, 0.2) is 0 Å². The van der Waals surface area contributed by atoms with E-state index < -0.39 is 0 Å². The summed E-state index contributed by atoms with van der Waals surface area (Å²) in [5.74, 6) is 1.88. The molecule has 3 nitrogen and oxygen atoms in total.